The Hall–Kier alpha value is -3.69. The summed E-state index contributed by atoms with van der Waals surface area (Å²) in [6, 6.07) is 15.1. The first-order chi connectivity index (χ1) is 17.6. The summed E-state index contributed by atoms with van der Waals surface area (Å²) in [5.41, 5.74) is 6.64. The minimum atomic E-state index is -0.250. The number of para-hydroxylation sites is 1. The Labute approximate surface area is 210 Å². The number of morpholine rings is 1. The van der Waals surface area contributed by atoms with Crippen molar-refractivity contribution in [3.8, 4) is 11.4 Å². The number of nitrogens with one attached hydrogen (secondary N) is 1. The largest absolute Gasteiger partial charge is 0.483 e. The fourth-order valence-corrected chi connectivity index (χ4v) is 4.94. The van der Waals surface area contributed by atoms with E-state index in [4.69, 9.17) is 24.6 Å². The molecule has 36 heavy (non-hydrogen) atoms. The third kappa shape index (κ3) is 4.84. The van der Waals surface area contributed by atoms with Crippen LogP contribution in [-0.2, 0) is 9.53 Å². The molecule has 6 rings (SSSR count). The summed E-state index contributed by atoms with van der Waals surface area (Å²) in [7, 11) is 2.19. The van der Waals surface area contributed by atoms with E-state index >= 15 is 0 Å². The average molecular weight is 489 g/mol. The lowest BCUT2D eigenvalue weighted by Crippen LogP contribution is -2.44. The maximum absolute atomic E-state index is 8.36. The van der Waals surface area contributed by atoms with Crippen molar-refractivity contribution in [3.63, 3.8) is 0 Å². The Balaban J connectivity index is 0.000000848. The summed E-state index contributed by atoms with van der Waals surface area (Å²) in [6.45, 7) is 9.33. The number of carbonyl (C=O) groups is 1. The number of fused-ring (bicyclic) bond motifs is 2. The lowest BCUT2D eigenvalue weighted by molar-refractivity contribution is -0.122. The topological polar surface area (TPSA) is 97.8 Å². The molecule has 2 aliphatic heterocycles. The summed E-state index contributed by atoms with van der Waals surface area (Å²) in [5.74, 6) is 1.86. The Bertz CT molecular complexity index is 1360. The van der Waals surface area contributed by atoms with Crippen LogP contribution >= 0.6 is 0 Å². The van der Waals surface area contributed by atoms with Gasteiger partial charge in [0.2, 0.25) is 0 Å². The van der Waals surface area contributed by atoms with Gasteiger partial charge in [-0.2, -0.15) is 0 Å². The summed E-state index contributed by atoms with van der Waals surface area (Å²) in [4.78, 5) is 29.3. The van der Waals surface area contributed by atoms with E-state index in [2.05, 4.69) is 70.1 Å². The van der Waals surface area contributed by atoms with Crippen LogP contribution in [0.4, 0.5) is 11.5 Å². The number of anilines is 2. The summed E-state index contributed by atoms with van der Waals surface area (Å²) < 4.78 is 5.59. The van der Waals surface area contributed by atoms with Gasteiger partial charge in [-0.15, -0.1) is 0 Å². The molecular weight excluding hydrogens is 456 g/mol. The standard InChI is InChI=1S/C26H30N6O.CH2O2/c1-18-15-20(31-9-7-30(2)8-10-31)17-23-24(18)29-25(27-23)21-16-19-5-3-4-6-22(19)28-26(21)32-11-13-33-14-12-32;2-1-3/h3-6,15-17H,7-14H2,1-2H3,(H,27,29);1H,(H,2,3). The van der Waals surface area contributed by atoms with E-state index in [1.54, 1.807) is 0 Å². The highest BCUT2D eigenvalue weighted by Crippen LogP contribution is 2.34. The molecule has 0 saturated carbocycles. The van der Waals surface area contributed by atoms with E-state index in [0.29, 0.717) is 0 Å². The number of aryl methyl sites for hydroxylation is 1. The number of hydrogen-bond donors (Lipinski definition) is 2. The first-order valence-electron chi connectivity index (χ1n) is 12.3. The number of aromatic nitrogens is 3. The van der Waals surface area contributed by atoms with E-state index in [9.17, 15) is 0 Å². The van der Waals surface area contributed by atoms with Crippen LogP contribution in [0.3, 0.4) is 0 Å². The third-order valence-electron chi connectivity index (χ3n) is 6.90. The van der Waals surface area contributed by atoms with Gasteiger partial charge in [0.1, 0.15) is 11.6 Å². The van der Waals surface area contributed by atoms with Crippen molar-refractivity contribution in [2.75, 3.05) is 69.3 Å². The van der Waals surface area contributed by atoms with Gasteiger partial charge in [-0.05, 0) is 43.8 Å². The molecule has 2 aliphatic rings. The number of H-pyrrole nitrogens is 1. The smallest absolute Gasteiger partial charge is 0.290 e. The summed E-state index contributed by atoms with van der Waals surface area (Å²) >= 11 is 0. The number of pyridine rings is 1. The van der Waals surface area contributed by atoms with Crippen LogP contribution in [0, 0.1) is 6.92 Å². The number of likely N-dealkylation sites (N-methyl/N-ethyl adjacent to an activating group) is 1. The number of piperazine rings is 1. The number of hydrogen-bond acceptors (Lipinski definition) is 7. The number of aromatic amines is 1. The Kier molecular flexibility index (Phi) is 7.02. The van der Waals surface area contributed by atoms with Crippen molar-refractivity contribution in [1.29, 1.82) is 0 Å². The molecule has 2 saturated heterocycles. The molecule has 0 spiro atoms. The van der Waals surface area contributed by atoms with Crippen LogP contribution in [0.5, 0.6) is 0 Å². The van der Waals surface area contributed by atoms with Crippen molar-refractivity contribution in [2.24, 2.45) is 0 Å². The van der Waals surface area contributed by atoms with Crippen LogP contribution in [0.2, 0.25) is 0 Å². The molecular formula is C27H32N6O3. The molecule has 4 aromatic rings. The minimum absolute atomic E-state index is 0.250. The number of rotatable bonds is 3. The second kappa shape index (κ2) is 10.5. The van der Waals surface area contributed by atoms with Crippen molar-refractivity contribution < 1.29 is 14.6 Å². The molecule has 2 fully saturated rings. The van der Waals surface area contributed by atoms with Crippen molar-refractivity contribution >= 4 is 39.9 Å². The van der Waals surface area contributed by atoms with Crippen molar-refractivity contribution in [1.82, 2.24) is 19.9 Å². The zero-order valence-corrected chi connectivity index (χ0v) is 20.8. The molecule has 0 amide bonds. The number of ether oxygens (including phenoxy) is 1. The Morgan fingerprint density at radius 2 is 1.69 bits per heavy atom. The molecule has 2 aromatic carbocycles. The molecule has 2 aromatic heterocycles. The molecule has 9 nitrogen and oxygen atoms in total. The first kappa shape index (κ1) is 24.0. The van der Waals surface area contributed by atoms with Crippen LogP contribution < -0.4 is 9.80 Å². The van der Waals surface area contributed by atoms with Crippen LogP contribution in [-0.4, -0.2) is 91.0 Å². The maximum Gasteiger partial charge on any atom is 0.290 e. The van der Waals surface area contributed by atoms with Crippen LogP contribution in [0.1, 0.15) is 5.56 Å². The van der Waals surface area contributed by atoms with Crippen LogP contribution in [0.25, 0.3) is 33.3 Å². The van der Waals surface area contributed by atoms with Gasteiger partial charge in [0.05, 0.1) is 35.3 Å². The maximum atomic E-state index is 8.36. The van der Waals surface area contributed by atoms with E-state index in [0.717, 1.165) is 91.6 Å². The van der Waals surface area contributed by atoms with Gasteiger partial charge in [0, 0.05) is 50.3 Å². The lowest BCUT2D eigenvalue weighted by atomic mass is 10.1. The summed E-state index contributed by atoms with van der Waals surface area (Å²) in [6.07, 6.45) is 0. The number of benzene rings is 2. The molecule has 0 bridgehead atoms. The van der Waals surface area contributed by atoms with Gasteiger partial charge >= 0.3 is 0 Å². The van der Waals surface area contributed by atoms with Crippen LogP contribution in [0.15, 0.2) is 42.5 Å². The predicted molar refractivity (Wildman–Crippen MR) is 143 cm³/mol. The molecule has 0 unspecified atom stereocenters. The van der Waals surface area contributed by atoms with E-state index < -0.39 is 0 Å². The molecule has 9 heteroatoms. The minimum Gasteiger partial charge on any atom is -0.483 e. The molecule has 2 N–H and O–H groups in total. The van der Waals surface area contributed by atoms with E-state index in [1.165, 1.54) is 11.3 Å². The van der Waals surface area contributed by atoms with Gasteiger partial charge in [-0.1, -0.05) is 18.2 Å². The molecule has 0 aliphatic carbocycles. The Morgan fingerprint density at radius 3 is 2.44 bits per heavy atom. The second-order valence-electron chi connectivity index (χ2n) is 9.29. The zero-order chi connectivity index (χ0) is 25.1. The van der Waals surface area contributed by atoms with Gasteiger partial charge < -0.3 is 29.5 Å². The molecule has 188 valence electrons. The zero-order valence-electron chi connectivity index (χ0n) is 20.8. The molecule has 4 heterocycles. The summed E-state index contributed by atoms with van der Waals surface area (Å²) in [5, 5.41) is 8.01. The Morgan fingerprint density at radius 1 is 0.972 bits per heavy atom. The fraction of sp³-hybridized carbons (Fsp3) is 0.370. The molecule has 0 atom stereocenters. The van der Waals surface area contributed by atoms with E-state index in [-0.39, 0.29) is 6.47 Å². The monoisotopic (exact) mass is 488 g/mol. The van der Waals surface area contributed by atoms with Crippen molar-refractivity contribution in [3.05, 3.63) is 48.0 Å². The quantitative estimate of drug-likeness (QED) is 0.424. The predicted octanol–water partition coefficient (Wildman–Crippen LogP) is 3.38. The molecule has 0 radical (unpaired) electrons. The number of imidazole rings is 1. The average Bonchev–Trinajstić information content (AvgIpc) is 3.34. The van der Waals surface area contributed by atoms with Crippen molar-refractivity contribution in [2.45, 2.75) is 6.92 Å². The third-order valence-corrected chi connectivity index (χ3v) is 6.90. The number of carboxylic acid groups (broad SMARTS) is 1. The van der Waals surface area contributed by atoms with Gasteiger partial charge in [-0.3, -0.25) is 4.79 Å². The van der Waals surface area contributed by atoms with E-state index in [1.807, 2.05) is 6.07 Å². The first-order valence-corrected chi connectivity index (χ1v) is 12.3. The number of nitrogens with zero attached hydrogens (tertiary/aromatic N) is 5. The fourth-order valence-electron chi connectivity index (χ4n) is 4.94. The highest BCUT2D eigenvalue weighted by Gasteiger charge is 2.22. The normalized spacial score (nSPS) is 16.7. The highest BCUT2D eigenvalue weighted by molar-refractivity contribution is 5.92. The van der Waals surface area contributed by atoms with Gasteiger partial charge in [0.25, 0.3) is 6.47 Å². The van der Waals surface area contributed by atoms with Gasteiger partial charge in [-0.25, -0.2) is 9.97 Å². The lowest BCUT2D eigenvalue weighted by Gasteiger charge is -2.34. The highest BCUT2D eigenvalue weighted by atomic mass is 16.5. The SMILES string of the molecule is Cc1cc(N2CCN(C)CC2)cc2[nH]c(-c3cc4ccccc4nc3N3CCOCC3)nc12.O=CO. The van der Waals surface area contributed by atoms with Gasteiger partial charge in [0.15, 0.2) is 0 Å². The second-order valence-corrected chi connectivity index (χ2v) is 9.29.